The van der Waals surface area contributed by atoms with Crippen molar-refractivity contribution in [2.75, 3.05) is 6.54 Å². The first kappa shape index (κ1) is 22.5. The summed E-state index contributed by atoms with van der Waals surface area (Å²) in [5.41, 5.74) is 1.24. The van der Waals surface area contributed by atoms with Crippen molar-refractivity contribution in [3.05, 3.63) is 69.2 Å². The highest BCUT2D eigenvalue weighted by molar-refractivity contribution is 7.89. The van der Waals surface area contributed by atoms with Crippen molar-refractivity contribution < 1.29 is 8.42 Å². The first-order valence-corrected chi connectivity index (χ1v) is 11.8. The molecule has 160 valence electrons. The van der Waals surface area contributed by atoms with Crippen LogP contribution in [0.15, 0.2) is 52.2 Å². The summed E-state index contributed by atoms with van der Waals surface area (Å²) >= 11 is 6.10. The third-order valence-electron chi connectivity index (χ3n) is 5.14. The summed E-state index contributed by atoms with van der Waals surface area (Å²) in [5.74, 6) is 0.404. The zero-order valence-electron chi connectivity index (χ0n) is 17.6. The van der Waals surface area contributed by atoms with E-state index in [1.54, 1.807) is 49.4 Å². The number of aryl methyl sites for hydroxylation is 1. The van der Waals surface area contributed by atoms with Gasteiger partial charge in [-0.15, -0.1) is 0 Å². The number of fused-ring (bicyclic) bond motifs is 1. The van der Waals surface area contributed by atoms with E-state index in [0.29, 0.717) is 41.3 Å². The first-order valence-electron chi connectivity index (χ1n) is 9.99. The Morgan fingerprint density at radius 2 is 1.80 bits per heavy atom. The van der Waals surface area contributed by atoms with E-state index in [4.69, 9.17) is 11.6 Å². The Balaban J connectivity index is 2.18. The highest BCUT2D eigenvalue weighted by atomic mass is 35.5. The molecule has 0 fully saturated rings. The molecule has 0 amide bonds. The van der Waals surface area contributed by atoms with Crippen LogP contribution >= 0.6 is 11.6 Å². The summed E-state index contributed by atoms with van der Waals surface area (Å²) in [7, 11) is -3.77. The maximum atomic E-state index is 13.4. The molecule has 2 aromatic carbocycles. The van der Waals surface area contributed by atoms with E-state index in [-0.39, 0.29) is 10.5 Å². The fourth-order valence-corrected chi connectivity index (χ4v) is 5.40. The molecule has 1 atom stereocenters. The molecule has 0 saturated heterocycles. The minimum absolute atomic E-state index is 0.204. The van der Waals surface area contributed by atoms with Gasteiger partial charge in [0.1, 0.15) is 5.82 Å². The molecule has 0 spiro atoms. The topological polar surface area (TPSA) is 72.3 Å². The highest BCUT2D eigenvalue weighted by Gasteiger charge is 2.32. The molecule has 1 unspecified atom stereocenters. The molecule has 6 nitrogen and oxygen atoms in total. The van der Waals surface area contributed by atoms with Crippen LogP contribution in [0.5, 0.6) is 0 Å². The second-order valence-corrected chi connectivity index (χ2v) is 9.61. The van der Waals surface area contributed by atoms with Crippen LogP contribution in [0.25, 0.3) is 10.9 Å². The Hall–Kier alpha value is -2.22. The lowest BCUT2D eigenvalue weighted by molar-refractivity contribution is 0.321. The Labute approximate surface area is 182 Å². The van der Waals surface area contributed by atoms with Gasteiger partial charge in [0.2, 0.25) is 10.0 Å². The van der Waals surface area contributed by atoms with Crippen molar-refractivity contribution in [1.82, 2.24) is 13.9 Å². The molecule has 1 aromatic heterocycles. The smallest absolute Gasteiger partial charge is 0.261 e. The fourth-order valence-electron chi connectivity index (χ4n) is 3.55. The van der Waals surface area contributed by atoms with Gasteiger partial charge in [0.05, 0.1) is 21.8 Å². The van der Waals surface area contributed by atoms with Gasteiger partial charge in [-0.1, -0.05) is 36.2 Å². The van der Waals surface area contributed by atoms with Crippen molar-refractivity contribution in [1.29, 1.82) is 0 Å². The quantitative estimate of drug-likeness (QED) is 0.533. The predicted octanol–water partition coefficient (Wildman–Crippen LogP) is 4.54. The number of sulfonamides is 1. The van der Waals surface area contributed by atoms with Crippen molar-refractivity contribution in [2.24, 2.45) is 0 Å². The van der Waals surface area contributed by atoms with Crippen LogP contribution in [-0.2, 0) is 16.6 Å². The van der Waals surface area contributed by atoms with Crippen LogP contribution in [0.2, 0.25) is 5.02 Å². The molecule has 0 aliphatic heterocycles. The van der Waals surface area contributed by atoms with Gasteiger partial charge < -0.3 is 0 Å². The number of nitrogens with zero attached hydrogens (tertiary/aromatic N) is 3. The molecule has 0 aliphatic carbocycles. The standard InChI is InChI=1S/C22H26ClN3O3S/c1-5-13-26(30(28,29)18-10-7-15(3)8-11-18)16(4)21-24-20-14-17(23)9-12-19(20)22(27)25(21)6-2/h7-12,14,16H,5-6,13H2,1-4H3. The normalized spacial score (nSPS) is 13.1. The average Bonchev–Trinajstić information content (AvgIpc) is 2.71. The molecule has 3 rings (SSSR count). The van der Waals surface area contributed by atoms with Crippen molar-refractivity contribution in [3.8, 4) is 0 Å². The van der Waals surface area contributed by atoms with Crippen molar-refractivity contribution in [2.45, 2.75) is 51.6 Å². The third-order valence-corrected chi connectivity index (χ3v) is 7.36. The van der Waals surface area contributed by atoms with Gasteiger partial charge in [-0.25, -0.2) is 13.4 Å². The van der Waals surface area contributed by atoms with Gasteiger partial charge >= 0.3 is 0 Å². The SMILES string of the molecule is CCCN(C(C)c1nc2cc(Cl)ccc2c(=O)n1CC)S(=O)(=O)c1ccc(C)cc1. The van der Waals surface area contributed by atoms with Gasteiger partial charge in [-0.3, -0.25) is 9.36 Å². The number of hydrogen-bond donors (Lipinski definition) is 0. The van der Waals surface area contributed by atoms with Crippen molar-refractivity contribution >= 4 is 32.5 Å². The van der Waals surface area contributed by atoms with Crippen LogP contribution in [0.4, 0.5) is 0 Å². The van der Waals surface area contributed by atoms with Crippen LogP contribution in [0.3, 0.4) is 0 Å². The number of rotatable bonds is 7. The molecule has 0 aliphatic rings. The van der Waals surface area contributed by atoms with Crippen LogP contribution in [-0.4, -0.2) is 28.8 Å². The maximum Gasteiger partial charge on any atom is 0.261 e. The molecule has 30 heavy (non-hydrogen) atoms. The predicted molar refractivity (Wildman–Crippen MR) is 120 cm³/mol. The van der Waals surface area contributed by atoms with E-state index in [1.165, 1.54) is 8.87 Å². The largest absolute Gasteiger partial charge is 0.295 e. The molecule has 3 aromatic rings. The molecule has 0 bridgehead atoms. The van der Waals surface area contributed by atoms with Crippen molar-refractivity contribution in [3.63, 3.8) is 0 Å². The Morgan fingerprint density at radius 1 is 1.13 bits per heavy atom. The summed E-state index contributed by atoms with van der Waals surface area (Å²) in [5, 5.41) is 0.931. The van der Waals surface area contributed by atoms with Gasteiger partial charge in [-0.2, -0.15) is 4.31 Å². The first-order chi connectivity index (χ1) is 14.2. The number of aromatic nitrogens is 2. The monoisotopic (exact) mass is 447 g/mol. The van der Waals surface area contributed by atoms with E-state index in [9.17, 15) is 13.2 Å². The van der Waals surface area contributed by atoms with Crippen LogP contribution < -0.4 is 5.56 Å². The minimum atomic E-state index is -3.77. The Bertz CT molecular complexity index is 1220. The molecule has 0 radical (unpaired) electrons. The van der Waals surface area contributed by atoms with Gasteiger partial charge in [0.25, 0.3) is 5.56 Å². The van der Waals surface area contributed by atoms with Gasteiger partial charge in [0.15, 0.2) is 0 Å². The average molecular weight is 448 g/mol. The Kier molecular flexibility index (Phi) is 6.65. The molecular formula is C22H26ClN3O3S. The zero-order chi connectivity index (χ0) is 22.1. The zero-order valence-corrected chi connectivity index (χ0v) is 19.2. The lowest BCUT2D eigenvalue weighted by Crippen LogP contribution is -2.38. The summed E-state index contributed by atoms with van der Waals surface area (Å²) in [4.78, 5) is 17.9. The molecule has 8 heteroatoms. The van der Waals surface area contributed by atoms with Gasteiger partial charge in [0, 0.05) is 18.1 Å². The van der Waals surface area contributed by atoms with E-state index in [0.717, 1.165) is 5.56 Å². The Morgan fingerprint density at radius 3 is 2.40 bits per heavy atom. The molecule has 1 heterocycles. The lowest BCUT2D eigenvalue weighted by Gasteiger charge is -2.29. The second kappa shape index (κ2) is 8.88. The van der Waals surface area contributed by atoms with Crippen LogP contribution in [0, 0.1) is 6.92 Å². The van der Waals surface area contributed by atoms with Crippen LogP contribution in [0.1, 0.15) is 44.6 Å². The van der Waals surface area contributed by atoms with E-state index in [2.05, 4.69) is 4.98 Å². The summed E-state index contributed by atoms with van der Waals surface area (Å²) in [6.07, 6.45) is 0.630. The number of hydrogen-bond acceptors (Lipinski definition) is 4. The summed E-state index contributed by atoms with van der Waals surface area (Å²) in [6, 6.07) is 11.1. The van der Waals surface area contributed by atoms with E-state index >= 15 is 0 Å². The summed E-state index contributed by atoms with van der Waals surface area (Å²) in [6.45, 7) is 8.14. The molecule has 0 saturated carbocycles. The minimum Gasteiger partial charge on any atom is -0.295 e. The second-order valence-electron chi connectivity index (χ2n) is 7.29. The highest BCUT2D eigenvalue weighted by Crippen LogP contribution is 2.28. The summed E-state index contributed by atoms with van der Waals surface area (Å²) < 4.78 is 29.8. The lowest BCUT2D eigenvalue weighted by atomic mass is 10.2. The third kappa shape index (κ3) is 4.15. The van der Waals surface area contributed by atoms with E-state index in [1.807, 2.05) is 20.8 Å². The fraction of sp³-hybridized carbons (Fsp3) is 0.364. The maximum absolute atomic E-state index is 13.4. The van der Waals surface area contributed by atoms with E-state index < -0.39 is 16.1 Å². The number of halogens is 1. The number of benzene rings is 2. The molecule has 0 N–H and O–H groups in total. The molecular weight excluding hydrogens is 422 g/mol. The van der Waals surface area contributed by atoms with Gasteiger partial charge in [-0.05, 0) is 57.5 Å².